The summed E-state index contributed by atoms with van der Waals surface area (Å²) >= 11 is 0. The van der Waals surface area contributed by atoms with Crippen molar-refractivity contribution in [2.24, 2.45) is 5.10 Å². The first-order chi connectivity index (χ1) is 14.9. The highest BCUT2D eigenvalue weighted by Crippen LogP contribution is 2.35. The van der Waals surface area contributed by atoms with Crippen LogP contribution in [-0.4, -0.2) is 73.3 Å². The average molecular weight is 421 g/mol. The standard InChI is InChI=1S/C25H32N4O2/c1-18-8-9-22(19(2)14-18)23-16-24(20-6-5-7-21(15-20)31-4)29(26-23)25(30)17-28-12-10-27(3)11-13-28/h5-9,14-15,24H,10-13,16-17H2,1-4H3. The number of nitrogens with zero attached hydrogens (tertiary/aromatic N) is 4. The molecule has 164 valence electrons. The second kappa shape index (κ2) is 9.20. The number of piperazine rings is 1. The second-order valence-corrected chi connectivity index (χ2v) is 8.68. The lowest BCUT2D eigenvalue weighted by atomic mass is 9.95. The average Bonchev–Trinajstić information content (AvgIpc) is 3.21. The minimum atomic E-state index is -0.120. The van der Waals surface area contributed by atoms with E-state index in [9.17, 15) is 4.79 Å². The Morgan fingerprint density at radius 2 is 1.87 bits per heavy atom. The number of hydrazone groups is 1. The fourth-order valence-corrected chi connectivity index (χ4v) is 4.42. The van der Waals surface area contributed by atoms with Crippen LogP contribution in [0.15, 0.2) is 47.6 Å². The van der Waals surface area contributed by atoms with Crippen molar-refractivity contribution < 1.29 is 9.53 Å². The molecule has 0 aromatic heterocycles. The molecule has 0 aliphatic carbocycles. The summed E-state index contributed by atoms with van der Waals surface area (Å²) < 4.78 is 5.43. The van der Waals surface area contributed by atoms with Crippen LogP contribution >= 0.6 is 0 Å². The zero-order chi connectivity index (χ0) is 22.0. The Morgan fingerprint density at radius 3 is 2.58 bits per heavy atom. The van der Waals surface area contributed by atoms with Crippen molar-refractivity contribution in [2.75, 3.05) is 46.9 Å². The third-order valence-electron chi connectivity index (χ3n) is 6.29. The van der Waals surface area contributed by atoms with E-state index in [1.165, 1.54) is 11.1 Å². The Hall–Kier alpha value is -2.70. The van der Waals surface area contributed by atoms with Crippen LogP contribution in [0.5, 0.6) is 5.75 Å². The van der Waals surface area contributed by atoms with Crippen molar-refractivity contribution in [3.63, 3.8) is 0 Å². The van der Waals surface area contributed by atoms with Crippen molar-refractivity contribution in [3.8, 4) is 5.75 Å². The maximum Gasteiger partial charge on any atom is 0.257 e. The van der Waals surface area contributed by atoms with Gasteiger partial charge in [0.15, 0.2) is 0 Å². The number of carbonyl (C=O) groups excluding carboxylic acids is 1. The number of hydrogen-bond acceptors (Lipinski definition) is 5. The molecule has 1 amide bonds. The zero-order valence-corrected chi connectivity index (χ0v) is 19.0. The van der Waals surface area contributed by atoms with Crippen LogP contribution in [0, 0.1) is 13.8 Å². The van der Waals surface area contributed by atoms with Gasteiger partial charge in [0, 0.05) is 38.2 Å². The number of carbonyl (C=O) groups is 1. The number of ether oxygens (including phenoxy) is 1. The first-order valence-corrected chi connectivity index (χ1v) is 11.0. The van der Waals surface area contributed by atoms with Gasteiger partial charge in [0.1, 0.15) is 5.75 Å². The molecule has 4 rings (SSSR count). The Balaban J connectivity index is 1.62. The number of aryl methyl sites for hydroxylation is 2. The van der Waals surface area contributed by atoms with Gasteiger partial charge in [0.05, 0.1) is 25.4 Å². The van der Waals surface area contributed by atoms with E-state index in [2.05, 4.69) is 55.0 Å². The summed E-state index contributed by atoms with van der Waals surface area (Å²) in [5.41, 5.74) is 5.56. The van der Waals surface area contributed by atoms with E-state index in [1.807, 2.05) is 18.2 Å². The molecule has 2 aliphatic rings. The molecule has 1 fully saturated rings. The van der Waals surface area contributed by atoms with Crippen LogP contribution in [0.25, 0.3) is 0 Å². The molecular formula is C25H32N4O2. The summed E-state index contributed by atoms with van der Waals surface area (Å²) in [6.07, 6.45) is 0.700. The Morgan fingerprint density at radius 1 is 1.10 bits per heavy atom. The van der Waals surface area contributed by atoms with Crippen LogP contribution in [0.4, 0.5) is 0 Å². The lowest BCUT2D eigenvalue weighted by Gasteiger charge is -2.33. The largest absolute Gasteiger partial charge is 0.497 e. The van der Waals surface area contributed by atoms with E-state index in [0.29, 0.717) is 13.0 Å². The third kappa shape index (κ3) is 4.81. The monoisotopic (exact) mass is 420 g/mol. The van der Waals surface area contributed by atoms with E-state index in [1.54, 1.807) is 12.1 Å². The van der Waals surface area contributed by atoms with Gasteiger partial charge in [-0.1, -0.05) is 35.9 Å². The summed E-state index contributed by atoms with van der Waals surface area (Å²) in [5, 5.41) is 6.58. The first-order valence-electron chi connectivity index (χ1n) is 11.0. The normalized spacial score (nSPS) is 20.1. The van der Waals surface area contributed by atoms with Gasteiger partial charge < -0.3 is 9.64 Å². The molecule has 6 heteroatoms. The maximum atomic E-state index is 13.4. The number of methoxy groups -OCH3 is 1. The fraction of sp³-hybridized carbons (Fsp3) is 0.440. The highest BCUT2D eigenvalue weighted by atomic mass is 16.5. The van der Waals surface area contributed by atoms with Gasteiger partial charge in [-0.05, 0) is 44.2 Å². The summed E-state index contributed by atoms with van der Waals surface area (Å²) in [7, 11) is 3.79. The van der Waals surface area contributed by atoms with E-state index >= 15 is 0 Å². The number of benzene rings is 2. The number of amides is 1. The number of likely N-dealkylation sites (N-methyl/N-ethyl adjacent to an activating group) is 1. The molecule has 0 spiro atoms. The van der Waals surface area contributed by atoms with Crippen molar-refractivity contribution in [1.29, 1.82) is 0 Å². The number of hydrogen-bond donors (Lipinski definition) is 0. The molecule has 2 aromatic rings. The van der Waals surface area contributed by atoms with Crippen molar-refractivity contribution in [2.45, 2.75) is 26.3 Å². The van der Waals surface area contributed by atoms with E-state index in [0.717, 1.165) is 48.8 Å². The molecular weight excluding hydrogens is 388 g/mol. The Kier molecular flexibility index (Phi) is 6.39. The smallest absolute Gasteiger partial charge is 0.257 e. The van der Waals surface area contributed by atoms with Gasteiger partial charge in [-0.25, -0.2) is 5.01 Å². The molecule has 0 bridgehead atoms. The van der Waals surface area contributed by atoms with Gasteiger partial charge >= 0.3 is 0 Å². The van der Waals surface area contributed by atoms with Gasteiger partial charge in [0.2, 0.25) is 0 Å². The highest BCUT2D eigenvalue weighted by Gasteiger charge is 2.34. The molecule has 6 nitrogen and oxygen atoms in total. The van der Waals surface area contributed by atoms with Crippen LogP contribution < -0.4 is 4.74 Å². The maximum absolute atomic E-state index is 13.4. The summed E-state index contributed by atoms with van der Waals surface area (Å²) in [6, 6.07) is 14.3. The summed E-state index contributed by atoms with van der Waals surface area (Å²) in [5.74, 6) is 0.848. The van der Waals surface area contributed by atoms with E-state index in [4.69, 9.17) is 9.84 Å². The van der Waals surface area contributed by atoms with Crippen LogP contribution in [-0.2, 0) is 4.79 Å². The molecule has 2 aromatic carbocycles. The quantitative estimate of drug-likeness (QED) is 0.745. The molecule has 0 N–H and O–H groups in total. The number of rotatable bonds is 5. The predicted molar refractivity (Wildman–Crippen MR) is 124 cm³/mol. The molecule has 0 saturated carbocycles. The highest BCUT2D eigenvalue weighted by molar-refractivity contribution is 6.04. The van der Waals surface area contributed by atoms with Gasteiger partial charge in [0.25, 0.3) is 5.91 Å². The molecule has 31 heavy (non-hydrogen) atoms. The molecule has 2 heterocycles. The SMILES string of the molecule is COc1cccc(C2CC(c3ccc(C)cc3C)=NN2C(=O)CN2CCN(C)CC2)c1. The van der Waals surface area contributed by atoms with E-state index < -0.39 is 0 Å². The topological polar surface area (TPSA) is 48.4 Å². The second-order valence-electron chi connectivity index (χ2n) is 8.68. The lowest BCUT2D eigenvalue weighted by Crippen LogP contribution is -2.48. The lowest BCUT2D eigenvalue weighted by molar-refractivity contribution is -0.134. The van der Waals surface area contributed by atoms with Gasteiger partial charge in [-0.2, -0.15) is 5.10 Å². The predicted octanol–water partition coefficient (Wildman–Crippen LogP) is 3.24. The van der Waals surface area contributed by atoms with Gasteiger partial charge in [-0.3, -0.25) is 9.69 Å². The minimum Gasteiger partial charge on any atom is -0.497 e. The zero-order valence-electron chi connectivity index (χ0n) is 19.0. The van der Waals surface area contributed by atoms with Gasteiger partial charge in [-0.15, -0.1) is 0 Å². The van der Waals surface area contributed by atoms with Crippen molar-refractivity contribution in [3.05, 3.63) is 64.7 Å². The molecule has 0 radical (unpaired) electrons. The van der Waals surface area contributed by atoms with Crippen LogP contribution in [0.2, 0.25) is 0 Å². The fourth-order valence-electron chi connectivity index (χ4n) is 4.42. The Bertz CT molecular complexity index is 979. The van der Waals surface area contributed by atoms with Crippen molar-refractivity contribution >= 4 is 11.6 Å². The van der Waals surface area contributed by atoms with Crippen LogP contribution in [0.3, 0.4) is 0 Å². The molecule has 2 aliphatic heterocycles. The molecule has 1 atom stereocenters. The molecule has 1 saturated heterocycles. The first kappa shape index (κ1) is 21.5. The minimum absolute atomic E-state index is 0.0529. The summed E-state index contributed by atoms with van der Waals surface area (Å²) in [6.45, 7) is 8.41. The van der Waals surface area contributed by atoms with Crippen LogP contribution in [0.1, 0.15) is 34.7 Å². The Labute approximate surface area is 185 Å². The summed E-state index contributed by atoms with van der Waals surface area (Å²) in [4.78, 5) is 17.9. The van der Waals surface area contributed by atoms with E-state index in [-0.39, 0.29) is 11.9 Å². The van der Waals surface area contributed by atoms with Crippen molar-refractivity contribution in [1.82, 2.24) is 14.8 Å². The molecule has 1 unspecified atom stereocenters. The third-order valence-corrected chi connectivity index (χ3v) is 6.29.